The second-order valence-electron chi connectivity index (χ2n) is 5.06. The molecule has 0 aliphatic carbocycles. The van der Waals surface area contributed by atoms with E-state index in [0.29, 0.717) is 29.5 Å². The number of carboxylic acids is 1. The molecule has 1 atom stereocenters. The lowest BCUT2D eigenvalue weighted by atomic mass is 10.2. The number of nitrogens with zero attached hydrogens (tertiary/aromatic N) is 1. The molecule has 0 saturated carbocycles. The van der Waals surface area contributed by atoms with Gasteiger partial charge < -0.3 is 24.8 Å². The number of halogens is 1. The molecule has 1 aliphatic heterocycles. The van der Waals surface area contributed by atoms with Crippen LogP contribution in [0.15, 0.2) is 18.2 Å². The molecule has 126 valence electrons. The van der Waals surface area contributed by atoms with Crippen LogP contribution in [0.5, 0.6) is 5.75 Å². The van der Waals surface area contributed by atoms with Crippen LogP contribution in [0, 0.1) is 0 Å². The van der Waals surface area contributed by atoms with Gasteiger partial charge in [0.15, 0.2) is 6.10 Å². The largest absolute Gasteiger partial charge is 0.495 e. The minimum atomic E-state index is -1.05. The minimum Gasteiger partial charge on any atom is -0.495 e. The second-order valence-corrected chi connectivity index (χ2v) is 5.50. The van der Waals surface area contributed by atoms with Crippen molar-refractivity contribution in [3.63, 3.8) is 0 Å². The van der Waals surface area contributed by atoms with E-state index in [1.54, 1.807) is 25.3 Å². The van der Waals surface area contributed by atoms with E-state index in [9.17, 15) is 9.59 Å². The smallest absolute Gasteiger partial charge is 0.334 e. The number of hydrogen-bond donors (Lipinski definition) is 2. The summed E-state index contributed by atoms with van der Waals surface area (Å²) in [6.45, 7) is 1.11. The van der Waals surface area contributed by atoms with Crippen molar-refractivity contribution in [1.82, 2.24) is 4.90 Å². The lowest BCUT2D eigenvalue weighted by Gasteiger charge is -2.31. The van der Waals surface area contributed by atoms with Crippen LogP contribution < -0.4 is 10.1 Å². The maximum Gasteiger partial charge on any atom is 0.334 e. The first-order valence-corrected chi connectivity index (χ1v) is 7.58. The van der Waals surface area contributed by atoms with Gasteiger partial charge in [0.2, 0.25) is 5.91 Å². The van der Waals surface area contributed by atoms with E-state index in [4.69, 9.17) is 26.2 Å². The van der Waals surface area contributed by atoms with Crippen molar-refractivity contribution in [3.8, 4) is 5.75 Å². The second kappa shape index (κ2) is 8.03. The van der Waals surface area contributed by atoms with Crippen LogP contribution in [-0.2, 0) is 14.3 Å². The van der Waals surface area contributed by atoms with Gasteiger partial charge in [0.1, 0.15) is 5.75 Å². The Balaban J connectivity index is 1.85. The fourth-order valence-electron chi connectivity index (χ4n) is 2.31. The number of hydrogen-bond acceptors (Lipinski definition) is 5. The number of rotatable bonds is 6. The molecule has 0 bridgehead atoms. The Morgan fingerprint density at radius 1 is 1.52 bits per heavy atom. The molecule has 23 heavy (non-hydrogen) atoms. The maximum atomic E-state index is 12.2. The third kappa shape index (κ3) is 4.74. The zero-order chi connectivity index (χ0) is 16.8. The minimum absolute atomic E-state index is 0.0780. The first kappa shape index (κ1) is 17.4. The molecule has 1 fully saturated rings. The van der Waals surface area contributed by atoms with Crippen LogP contribution in [0.25, 0.3) is 0 Å². The zero-order valence-corrected chi connectivity index (χ0v) is 13.5. The van der Waals surface area contributed by atoms with E-state index in [2.05, 4.69) is 5.32 Å². The standard InChI is InChI=1S/C15H19ClN2O5/c1-22-12-3-2-10(16)8-11(12)17-5-4-14(19)18-6-7-23-13(9-18)15(20)21/h2-3,8,13,17H,4-7,9H2,1H3,(H,20,21). The number of methoxy groups -OCH3 is 1. The van der Waals surface area contributed by atoms with E-state index in [1.807, 2.05) is 0 Å². The average Bonchev–Trinajstić information content (AvgIpc) is 2.55. The Morgan fingerprint density at radius 2 is 2.30 bits per heavy atom. The predicted octanol–water partition coefficient (Wildman–Crippen LogP) is 1.46. The molecule has 7 nitrogen and oxygen atoms in total. The van der Waals surface area contributed by atoms with Gasteiger partial charge in [0, 0.05) is 24.5 Å². The molecule has 8 heteroatoms. The summed E-state index contributed by atoms with van der Waals surface area (Å²) >= 11 is 5.94. The highest BCUT2D eigenvalue weighted by Crippen LogP contribution is 2.27. The van der Waals surface area contributed by atoms with Gasteiger partial charge in [0.25, 0.3) is 0 Å². The monoisotopic (exact) mass is 342 g/mol. The summed E-state index contributed by atoms with van der Waals surface area (Å²) in [5, 5.41) is 12.6. The van der Waals surface area contributed by atoms with Gasteiger partial charge in [-0.25, -0.2) is 4.79 Å². The van der Waals surface area contributed by atoms with Crippen LogP contribution in [0.2, 0.25) is 5.02 Å². The number of carboxylic acid groups (broad SMARTS) is 1. The van der Waals surface area contributed by atoms with Gasteiger partial charge >= 0.3 is 5.97 Å². The molecular weight excluding hydrogens is 324 g/mol. The lowest BCUT2D eigenvalue weighted by molar-refractivity contribution is -0.159. The summed E-state index contributed by atoms with van der Waals surface area (Å²) in [4.78, 5) is 24.6. The summed E-state index contributed by atoms with van der Waals surface area (Å²) in [7, 11) is 1.55. The first-order valence-electron chi connectivity index (χ1n) is 7.21. The van der Waals surface area contributed by atoms with Gasteiger partial charge in [0.05, 0.1) is 25.9 Å². The van der Waals surface area contributed by atoms with Gasteiger partial charge in [-0.05, 0) is 18.2 Å². The first-order chi connectivity index (χ1) is 11.0. The lowest BCUT2D eigenvalue weighted by Crippen LogP contribution is -2.48. The number of morpholine rings is 1. The van der Waals surface area contributed by atoms with Crippen LogP contribution in [0.3, 0.4) is 0 Å². The topological polar surface area (TPSA) is 88.1 Å². The van der Waals surface area contributed by atoms with Gasteiger partial charge in [-0.3, -0.25) is 4.79 Å². The molecule has 1 aromatic rings. The number of amides is 1. The van der Waals surface area contributed by atoms with E-state index < -0.39 is 12.1 Å². The number of ether oxygens (including phenoxy) is 2. The molecule has 1 aliphatic rings. The van der Waals surface area contributed by atoms with Crippen LogP contribution in [0.4, 0.5) is 5.69 Å². The zero-order valence-electron chi connectivity index (χ0n) is 12.8. The highest BCUT2D eigenvalue weighted by Gasteiger charge is 2.28. The van der Waals surface area contributed by atoms with Crippen molar-refractivity contribution in [2.75, 3.05) is 38.7 Å². The SMILES string of the molecule is COc1ccc(Cl)cc1NCCC(=O)N1CCOC(C(=O)O)C1. The normalized spacial score (nSPS) is 17.7. The van der Waals surface area contributed by atoms with Crippen molar-refractivity contribution in [2.45, 2.75) is 12.5 Å². The molecule has 1 heterocycles. The summed E-state index contributed by atoms with van der Waals surface area (Å²) in [5.41, 5.74) is 0.707. The number of benzene rings is 1. The fraction of sp³-hybridized carbons (Fsp3) is 0.467. The Kier molecular flexibility index (Phi) is 6.06. The molecule has 0 spiro atoms. The van der Waals surface area contributed by atoms with Gasteiger partial charge in [-0.15, -0.1) is 0 Å². The Bertz CT molecular complexity index is 581. The third-order valence-corrected chi connectivity index (χ3v) is 3.75. The van der Waals surface area contributed by atoms with Crippen LogP contribution in [-0.4, -0.2) is 61.3 Å². The van der Waals surface area contributed by atoms with E-state index in [1.165, 1.54) is 4.90 Å². The number of carbonyl (C=O) groups excluding carboxylic acids is 1. The molecular formula is C15H19ClN2O5. The molecule has 1 unspecified atom stereocenters. The molecule has 1 aromatic carbocycles. The van der Waals surface area contributed by atoms with Crippen LogP contribution >= 0.6 is 11.6 Å². The maximum absolute atomic E-state index is 12.2. The number of aliphatic carboxylic acids is 1. The Morgan fingerprint density at radius 3 is 3.00 bits per heavy atom. The number of nitrogens with one attached hydrogen (secondary N) is 1. The summed E-state index contributed by atoms with van der Waals surface area (Å²) < 4.78 is 10.3. The number of carbonyl (C=O) groups is 2. The summed E-state index contributed by atoms with van der Waals surface area (Å²) in [6.07, 6.45) is -0.712. The van der Waals surface area contributed by atoms with Crippen molar-refractivity contribution in [3.05, 3.63) is 23.2 Å². The van der Waals surface area contributed by atoms with Crippen molar-refractivity contribution in [1.29, 1.82) is 0 Å². The van der Waals surface area contributed by atoms with Crippen molar-refractivity contribution < 1.29 is 24.2 Å². The highest BCUT2D eigenvalue weighted by atomic mass is 35.5. The molecule has 1 saturated heterocycles. The quantitative estimate of drug-likeness (QED) is 0.813. The highest BCUT2D eigenvalue weighted by molar-refractivity contribution is 6.30. The van der Waals surface area contributed by atoms with Crippen LogP contribution in [0.1, 0.15) is 6.42 Å². The van der Waals surface area contributed by atoms with E-state index in [-0.39, 0.29) is 25.5 Å². The fourth-order valence-corrected chi connectivity index (χ4v) is 2.48. The molecule has 2 N–H and O–H groups in total. The van der Waals surface area contributed by atoms with Crippen molar-refractivity contribution >= 4 is 29.2 Å². The van der Waals surface area contributed by atoms with Crippen molar-refractivity contribution in [2.24, 2.45) is 0 Å². The Labute approximate surface area is 139 Å². The Hall–Kier alpha value is -1.99. The molecule has 0 aromatic heterocycles. The van der Waals surface area contributed by atoms with E-state index >= 15 is 0 Å². The number of anilines is 1. The third-order valence-electron chi connectivity index (χ3n) is 3.51. The molecule has 0 radical (unpaired) electrons. The molecule has 2 rings (SSSR count). The van der Waals surface area contributed by atoms with Gasteiger partial charge in [-0.2, -0.15) is 0 Å². The molecule has 1 amide bonds. The predicted molar refractivity (Wildman–Crippen MR) is 85.1 cm³/mol. The van der Waals surface area contributed by atoms with E-state index in [0.717, 1.165) is 0 Å². The summed E-state index contributed by atoms with van der Waals surface area (Å²) in [6, 6.07) is 5.18. The average molecular weight is 343 g/mol. The van der Waals surface area contributed by atoms with Gasteiger partial charge in [-0.1, -0.05) is 11.6 Å². The summed E-state index contributed by atoms with van der Waals surface area (Å²) in [5.74, 6) is -0.531.